The lowest BCUT2D eigenvalue weighted by Crippen LogP contribution is -2.32. The number of rotatable bonds is 6. The number of halogens is 1. The second-order valence-corrected chi connectivity index (χ2v) is 7.20. The molecule has 0 heterocycles. The van der Waals surface area contributed by atoms with Crippen molar-refractivity contribution < 1.29 is 18.3 Å². The Hall–Kier alpha value is -0.920. The summed E-state index contributed by atoms with van der Waals surface area (Å²) in [6.07, 6.45) is 1.58. The highest BCUT2D eigenvalue weighted by Crippen LogP contribution is 2.27. The lowest BCUT2D eigenvalue weighted by atomic mass is 10.1. The van der Waals surface area contributed by atoms with E-state index in [-0.39, 0.29) is 16.5 Å². The summed E-state index contributed by atoms with van der Waals surface area (Å²) >= 11 is 3.22. The number of carboxylic acid groups (broad SMARTS) is 1. The summed E-state index contributed by atoms with van der Waals surface area (Å²) in [5, 5.41) is 9.03. The zero-order valence-corrected chi connectivity index (χ0v) is 14.0. The van der Waals surface area contributed by atoms with Crippen LogP contribution < -0.4 is 4.72 Å². The summed E-state index contributed by atoms with van der Waals surface area (Å²) in [6.45, 7) is 5.41. The molecule has 0 spiro atoms. The van der Waals surface area contributed by atoms with Crippen molar-refractivity contribution in [3.63, 3.8) is 0 Å². The molecule has 0 amide bonds. The highest BCUT2D eigenvalue weighted by Gasteiger charge is 2.23. The number of carboxylic acids is 1. The quantitative estimate of drug-likeness (QED) is 0.813. The Morgan fingerprint density at radius 2 is 2.05 bits per heavy atom. The van der Waals surface area contributed by atoms with Crippen LogP contribution in [0.5, 0.6) is 0 Å². The van der Waals surface area contributed by atoms with E-state index in [2.05, 4.69) is 20.7 Å². The highest BCUT2D eigenvalue weighted by molar-refractivity contribution is 9.10. The third-order valence-electron chi connectivity index (χ3n) is 2.84. The zero-order valence-electron chi connectivity index (χ0n) is 11.6. The maximum Gasteiger partial charge on any atom is 0.335 e. The number of nitrogens with one attached hydrogen (secondary N) is 1. The topological polar surface area (TPSA) is 83.5 Å². The monoisotopic (exact) mass is 363 g/mol. The van der Waals surface area contributed by atoms with E-state index in [1.807, 2.05) is 6.92 Å². The Bertz CT molecular complexity index is 613. The second-order valence-electron chi connectivity index (χ2n) is 4.72. The lowest BCUT2D eigenvalue weighted by Gasteiger charge is -2.15. The summed E-state index contributed by atoms with van der Waals surface area (Å²) in [5.41, 5.74) is 0.516. The average Bonchev–Trinajstić information content (AvgIpc) is 2.31. The molecule has 0 aromatic heterocycles. The van der Waals surface area contributed by atoms with Gasteiger partial charge in [-0.25, -0.2) is 17.9 Å². The maximum absolute atomic E-state index is 12.3. The van der Waals surface area contributed by atoms with E-state index in [4.69, 9.17) is 5.11 Å². The van der Waals surface area contributed by atoms with Crippen molar-refractivity contribution in [3.8, 4) is 0 Å². The van der Waals surface area contributed by atoms with Crippen LogP contribution in [0.1, 0.15) is 42.6 Å². The Morgan fingerprint density at radius 3 is 2.55 bits per heavy atom. The Morgan fingerprint density at radius 1 is 1.45 bits per heavy atom. The van der Waals surface area contributed by atoms with Gasteiger partial charge in [0.1, 0.15) is 0 Å². The molecule has 1 atom stereocenters. The molecule has 7 heteroatoms. The van der Waals surface area contributed by atoms with Gasteiger partial charge in [0, 0.05) is 10.5 Å². The van der Waals surface area contributed by atoms with Crippen LogP contribution in [0.3, 0.4) is 0 Å². The van der Waals surface area contributed by atoms with Crippen molar-refractivity contribution >= 4 is 31.9 Å². The fourth-order valence-corrected chi connectivity index (χ4v) is 4.20. The van der Waals surface area contributed by atoms with E-state index < -0.39 is 16.0 Å². The largest absolute Gasteiger partial charge is 0.478 e. The van der Waals surface area contributed by atoms with Crippen molar-refractivity contribution in [1.82, 2.24) is 4.72 Å². The first kappa shape index (κ1) is 17.1. The molecule has 0 saturated carbocycles. The second kappa shape index (κ2) is 6.69. The van der Waals surface area contributed by atoms with Crippen molar-refractivity contribution in [2.75, 3.05) is 0 Å². The molecule has 0 radical (unpaired) electrons. The number of sulfonamides is 1. The minimum atomic E-state index is -3.75. The number of benzene rings is 1. The van der Waals surface area contributed by atoms with Gasteiger partial charge in [-0.15, -0.1) is 0 Å². The van der Waals surface area contributed by atoms with Gasteiger partial charge < -0.3 is 5.11 Å². The number of carbonyl (C=O) groups is 1. The number of hydrogen-bond donors (Lipinski definition) is 2. The molecule has 0 aliphatic heterocycles. The molecular weight excluding hydrogens is 346 g/mol. The molecule has 1 rings (SSSR count). The van der Waals surface area contributed by atoms with Crippen LogP contribution in [-0.4, -0.2) is 25.5 Å². The van der Waals surface area contributed by atoms with Gasteiger partial charge in [0.05, 0.1) is 10.5 Å². The van der Waals surface area contributed by atoms with Gasteiger partial charge in [0.25, 0.3) is 0 Å². The molecule has 0 aliphatic rings. The molecule has 1 unspecified atom stereocenters. The summed E-state index contributed by atoms with van der Waals surface area (Å²) < 4.78 is 27.6. The van der Waals surface area contributed by atoms with E-state index in [0.717, 1.165) is 6.42 Å². The van der Waals surface area contributed by atoms with E-state index in [1.165, 1.54) is 12.1 Å². The van der Waals surface area contributed by atoms with Crippen LogP contribution in [-0.2, 0) is 10.0 Å². The van der Waals surface area contributed by atoms with Crippen molar-refractivity contribution in [2.45, 2.75) is 44.6 Å². The Kier molecular flexibility index (Phi) is 5.73. The molecule has 0 bridgehead atoms. The number of aryl methyl sites for hydroxylation is 1. The van der Waals surface area contributed by atoms with Crippen molar-refractivity contribution in [3.05, 3.63) is 27.7 Å². The molecule has 0 saturated heterocycles. The van der Waals surface area contributed by atoms with Gasteiger partial charge in [0.15, 0.2) is 0 Å². The summed E-state index contributed by atoms with van der Waals surface area (Å²) in [6, 6.07) is 2.40. The SMILES string of the molecule is CCCC(C)NS(=O)(=O)c1cc(C(=O)O)cc(C)c1Br. The zero-order chi connectivity index (χ0) is 15.5. The van der Waals surface area contributed by atoms with Gasteiger partial charge >= 0.3 is 5.97 Å². The van der Waals surface area contributed by atoms with Crippen LogP contribution in [0.2, 0.25) is 0 Å². The standard InChI is InChI=1S/C13H18BrNO4S/c1-4-5-9(3)15-20(18,19)11-7-10(13(16)17)6-8(2)12(11)14/h6-7,9,15H,4-5H2,1-3H3,(H,16,17). The van der Waals surface area contributed by atoms with Crippen LogP contribution in [0.4, 0.5) is 0 Å². The van der Waals surface area contributed by atoms with Gasteiger partial charge in [-0.1, -0.05) is 13.3 Å². The first-order valence-electron chi connectivity index (χ1n) is 6.24. The van der Waals surface area contributed by atoms with Crippen molar-refractivity contribution in [2.24, 2.45) is 0 Å². The number of hydrogen-bond acceptors (Lipinski definition) is 3. The van der Waals surface area contributed by atoms with E-state index in [0.29, 0.717) is 16.5 Å². The van der Waals surface area contributed by atoms with Gasteiger partial charge in [-0.3, -0.25) is 0 Å². The molecular formula is C13H18BrNO4S. The fraction of sp³-hybridized carbons (Fsp3) is 0.462. The summed E-state index contributed by atoms with van der Waals surface area (Å²) in [4.78, 5) is 11.0. The van der Waals surface area contributed by atoms with Crippen LogP contribution in [0.15, 0.2) is 21.5 Å². The molecule has 0 fully saturated rings. The van der Waals surface area contributed by atoms with Gasteiger partial charge in [0.2, 0.25) is 10.0 Å². The molecule has 20 heavy (non-hydrogen) atoms. The molecule has 1 aromatic carbocycles. The van der Waals surface area contributed by atoms with Gasteiger partial charge in [-0.2, -0.15) is 0 Å². The lowest BCUT2D eigenvalue weighted by molar-refractivity contribution is 0.0696. The minimum absolute atomic E-state index is 0.0437. The maximum atomic E-state index is 12.3. The molecule has 0 aliphatic carbocycles. The van der Waals surface area contributed by atoms with E-state index in [1.54, 1.807) is 13.8 Å². The van der Waals surface area contributed by atoms with Crippen LogP contribution >= 0.6 is 15.9 Å². The molecule has 5 nitrogen and oxygen atoms in total. The van der Waals surface area contributed by atoms with Crippen LogP contribution in [0, 0.1) is 6.92 Å². The smallest absolute Gasteiger partial charge is 0.335 e. The first-order valence-corrected chi connectivity index (χ1v) is 8.52. The predicted octanol–water partition coefficient (Wildman–Crippen LogP) is 2.92. The third kappa shape index (κ3) is 4.04. The normalized spacial score (nSPS) is 13.2. The fourth-order valence-electron chi connectivity index (χ4n) is 1.88. The predicted molar refractivity (Wildman–Crippen MR) is 80.5 cm³/mol. The molecule has 2 N–H and O–H groups in total. The van der Waals surface area contributed by atoms with Gasteiger partial charge in [-0.05, 0) is 53.9 Å². The van der Waals surface area contributed by atoms with Crippen molar-refractivity contribution in [1.29, 1.82) is 0 Å². The average molecular weight is 364 g/mol. The first-order chi connectivity index (χ1) is 9.19. The minimum Gasteiger partial charge on any atom is -0.478 e. The summed E-state index contributed by atoms with van der Waals surface area (Å²) in [5.74, 6) is -1.15. The number of aromatic carboxylic acids is 1. The molecule has 112 valence electrons. The summed E-state index contributed by atoms with van der Waals surface area (Å²) in [7, 11) is -3.75. The Balaban J connectivity index is 3.27. The third-order valence-corrected chi connectivity index (χ3v) is 5.76. The van der Waals surface area contributed by atoms with E-state index >= 15 is 0 Å². The Labute approximate surface area is 127 Å². The van der Waals surface area contributed by atoms with E-state index in [9.17, 15) is 13.2 Å². The van der Waals surface area contributed by atoms with Crippen LogP contribution in [0.25, 0.3) is 0 Å². The molecule has 1 aromatic rings. The highest BCUT2D eigenvalue weighted by atomic mass is 79.9.